The molecule has 4 rings (SSSR count). The normalized spacial score (nSPS) is 10.9. The molecular weight excluding hydrogens is 523 g/mol. The maximum atomic E-state index is 12.9. The first-order chi connectivity index (χ1) is 14.8. The average Bonchev–Trinajstić information content (AvgIpc) is 3.19. The minimum Gasteiger partial charge on any atom is -0.319 e. The zero-order chi connectivity index (χ0) is 22.1. The van der Waals surface area contributed by atoms with Crippen LogP contribution in [0.2, 0.25) is 15.1 Å². The number of amides is 1. The number of rotatable bonds is 4. The Morgan fingerprint density at radius 2 is 1.71 bits per heavy atom. The molecular formula is C22H14BrCl3N4O. The minimum absolute atomic E-state index is 0.00312. The predicted molar refractivity (Wildman–Crippen MR) is 129 cm³/mol. The highest BCUT2D eigenvalue weighted by atomic mass is 79.9. The molecule has 5 nitrogen and oxygen atoms in total. The Kier molecular flexibility index (Phi) is 6.34. The lowest BCUT2D eigenvalue weighted by Gasteiger charge is -2.08. The van der Waals surface area contributed by atoms with Crippen LogP contribution in [0.3, 0.4) is 0 Å². The van der Waals surface area contributed by atoms with Crippen LogP contribution in [0.4, 0.5) is 5.69 Å². The van der Waals surface area contributed by atoms with E-state index in [0.717, 1.165) is 15.6 Å². The number of carbonyl (C=O) groups excluding carboxylic acids is 1. The summed E-state index contributed by atoms with van der Waals surface area (Å²) in [4.78, 5) is 17.4. The van der Waals surface area contributed by atoms with Crippen molar-refractivity contribution in [1.29, 1.82) is 0 Å². The SMILES string of the molecule is Cc1c(Cl)cccc1NC(=O)c1nc(-c2ccc(Br)cc2)n(-c2ccc(Cl)c(Cl)c2)n1. The van der Waals surface area contributed by atoms with Crippen molar-refractivity contribution in [3.8, 4) is 17.1 Å². The van der Waals surface area contributed by atoms with Crippen molar-refractivity contribution in [3.05, 3.63) is 91.6 Å². The Morgan fingerprint density at radius 3 is 2.42 bits per heavy atom. The molecule has 0 aliphatic carbocycles. The predicted octanol–water partition coefficient (Wildman–Crippen LogP) is 7.22. The van der Waals surface area contributed by atoms with Gasteiger partial charge < -0.3 is 5.32 Å². The maximum absolute atomic E-state index is 12.9. The number of nitrogens with one attached hydrogen (secondary N) is 1. The molecule has 1 amide bonds. The molecule has 0 unspecified atom stereocenters. The molecule has 0 spiro atoms. The molecule has 9 heteroatoms. The summed E-state index contributed by atoms with van der Waals surface area (Å²) in [5.41, 5.74) is 2.75. The van der Waals surface area contributed by atoms with Gasteiger partial charge >= 0.3 is 0 Å². The Balaban J connectivity index is 1.78. The first-order valence-electron chi connectivity index (χ1n) is 9.08. The smallest absolute Gasteiger partial charge is 0.295 e. The topological polar surface area (TPSA) is 59.8 Å². The molecule has 3 aromatic carbocycles. The van der Waals surface area contributed by atoms with Gasteiger partial charge in [-0.3, -0.25) is 4.79 Å². The Bertz CT molecular complexity index is 1290. The zero-order valence-electron chi connectivity index (χ0n) is 16.0. The Hall–Kier alpha value is -2.38. The van der Waals surface area contributed by atoms with Crippen molar-refractivity contribution < 1.29 is 4.79 Å². The standard InChI is InChI=1S/C22H14BrCl3N4O/c1-12-16(24)3-2-4-19(12)27-22(31)20-28-21(13-5-7-14(23)8-6-13)30(29-20)15-9-10-17(25)18(26)11-15/h2-11H,1H3,(H,27,31). The fourth-order valence-corrected chi connectivity index (χ4v) is 3.64. The van der Waals surface area contributed by atoms with E-state index in [1.807, 2.05) is 31.2 Å². The van der Waals surface area contributed by atoms with Gasteiger partial charge in [0.05, 0.1) is 15.7 Å². The van der Waals surface area contributed by atoms with Crippen LogP contribution in [0.15, 0.2) is 65.1 Å². The fraction of sp³-hybridized carbons (Fsp3) is 0.0455. The largest absolute Gasteiger partial charge is 0.319 e. The highest BCUT2D eigenvalue weighted by molar-refractivity contribution is 9.10. The number of nitrogens with zero attached hydrogens (tertiary/aromatic N) is 3. The van der Waals surface area contributed by atoms with E-state index in [-0.39, 0.29) is 5.82 Å². The van der Waals surface area contributed by atoms with E-state index in [1.165, 1.54) is 0 Å². The van der Waals surface area contributed by atoms with Gasteiger partial charge in [0.1, 0.15) is 0 Å². The fourth-order valence-electron chi connectivity index (χ4n) is 2.91. The van der Waals surface area contributed by atoms with Crippen molar-refractivity contribution in [2.45, 2.75) is 6.92 Å². The monoisotopic (exact) mass is 534 g/mol. The third-order valence-electron chi connectivity index (χ3n) is 4.58. The van der Waals surface area contributed by atoms with E-state index in [0.29, 0.717) is 32.3 Å². The lowest BCUT2D eigenvalue weighted by atomic mass is 10.2. The Labute approximate surface area is 202 Å². The van der Waals surface area contributed by atoms with Gasteiger partial charge in [-0.25, -0.2) is 9.67 Å². The maximum Gasteiger partial charge on any atom is 0.295 e. The number of hydrogen-bond acceptors (Lipinski definition) is 3. The molecule has 0 bridgehead atoms. The van der Waals surface area contributed by atoms with E-state index in [9.17, 15) is 4.79 Å². The summed E-state index contributed by atoms with van der Waals surface area (Å²) in [7, 11) is 0. The molecule has 0 aliphatic rings. The first-order valence-corrected chi connectivity index (χ1v) is 11.0. The van der Waals surface area contributed by atoms with Gasteiger partial charge in [-0.15, -0.1) is 5.10 Å². The van der Waals surface area contributed by atoms with Crippen LogP contribution in [0.25, 0.3) is 17.1 Å². The van der Waals surface area contributed by atoms with Crippen molar-refractivity contribution in [2.75, 3.05) is 5.32 Å². The molecule has 31 heavy (non-hydrogen) atoms. The van der Waals surface area contributed by atoms with Gasteiger partial charge in [-0.1, -0.05) is 68.9 Å². The molecule has 1 N–H and O–H groups in total. The first kappa shape index (κ1) is 21.8. The second-order valence-corrected chi connectivity index (χ2v) is 8.78. The van der Waals surface area contributed by atoms with Gasteiger partial charge in [0.25, 0.3) is 5.91 Å². The van der Waals surface area contributed by atoms with E-state index >= 15 is 0 Å². The summed E-state index contributed by atoms with van der Waals surface area (Å²) < 4.78 is 2.48. The van der Waals surface area contributed by atoms with Crippen molar-refractivity contribution >= 4 is 62.3 Å². The van der Waals surface area contributed by atoms with E-state index in [2.05, 4.69) is 31.3 Å². The lowest BCUT2D eigenvalue weighted by molar-refractivity contribution is 0.101. The number of aromatic nitrogens is 3. The molecule has 0 fully saturated rings. The van der Waals surface area contributed by atoms with E-state index in [1.54, 1.807) is 41.1 Å². The summed E-state index contributed by atoms with van der Waals surface area (Å²) in [6, 6.07) is 17.9. The summed E-state index contributed by atoms with van der Waals surface area (Å²) >= 11 is 21.8. The highest BCUT2D eigenvalue weighted by Crippen LogP contribution is 2.28. The highest BCUT2D eigenvalue weighted by Gasteiger charge is 2.20. The summed E-state index contributed by atoms with van der Waals surface area (Å²) in [6.07, 6.45) is 0. The second kappa shape index (κ2) is 9.01. The molecule has 1 heterocycles. The molecule has 1 aromatic heterocycles. The van der Waals surface area contributed by atoms with Gasteiger partial charge in [-0.05, 0) is 55.0 Å². The quantitative estimate of drug-likeness (QED) is 0.300. The van der Waals surface area contributed by atoms with Gasteiger partial charge in [-0.2, -0.15) is 0 Å². The average molecular weight is 537 g/mol. The van der Waals surface area contributed by atoms with Crippen LogP contribution < -0.4 is 5.32 Å². The van der Waals surface area contributed by atoms with Crippen molar-refractivity contribution in [3.63, 3.8) is 0 Å². The van der Waals surface area contributed by atoms with Crippen LogP contribution in [0.5, 0.6) is 0 Å². The number of hydrogen-bond donors (Lipinski definition) is 1. The summed E-state index contributed by atoms with van der Waals surface area (Å²) in [6.45, 7) is 1.83. The Morgan fingerprint density at radius 1 is 0.968 bits per heavy atom. The molecule has 156 valence electrons. The van der Waals surface area contributed by atoms with Crippen LogP contribution in [0, 0.1) is 6.92 Å². The number of benzene rings is 3. The summed E-state index contributed by atoms with van der Waals surface area (Å²) in [5, 5.41) is 8.62. The molecule has 0 saturated heterocycles. The van der Waals surface area contributed by atoms with Crippen molar-refractivity contribution in [2.24, 2.45) is 0 Å². The molecule has 0 atom stereocenters. The van der Waals surface area contributed by atoms with Gasteiger partial charge in [0.15, 0.2) is 5.82 Å². The molecule has 0 aliphatic heterocycles. The molecule has 0 saturated carbocycles. The summed E-state index contributed by atoms with van der Waals surface area (Å²) in [5.74, 6) is 0.0322. The number of halogens is 4. The van der Waals surface area contributed by atoms with E-state index < -0.39 is 5.91 Å². The van der Waals surface area contributed by atoms with Crippen LogP contribution in [-0.4, -0.2) is 20.7 Å². The van der Waals surface area contributed by atoms with Gasteiger partial charge in [0, 0.05) is 20.7 Å². The van der Waals surface area contributed by atoms with Crippen LogP contribution >= 0.6 is 50.7 Å². The molecule has 0 radical (unpaired) electrons. The number of anilines is 1. The van der Waals surface area contributed by atoms with Crippen LogP contribution in [0.1, 0.15) is 16.2 Å². The van der Waals surface area contributed by atoms with E-state index in [4.69, 9.17) is 34.8 Å². The molecule has 4 aromatic rings. The lowest BCUT2D eigenvalue weighted by Crippen LogP contribution is -2.15. The minimum atomic E-state index is -0.456. The van der Waals surface area contributed by atoms with Gasteiger partial charge in [0.2, 0.25) is 5.82 Å². The van der Waals surface area contributed by atoms with Crippen LogP contribution in [-0.2, 0) is 0 Å². The third kappa shape index (κ3) is 4.62. The second-order valence-electron chi connectivity index (χ2n) is 6.64. The third-order valence-corrected chi connectivity index (χ3v) is 6.25. The van der Waals surface area contributed by atoms with Crippen molar-refractivity contribution in [1.82, 2.24) is 14.8 Å². The number of carbonyl (C=O) groups is 1. The zero-order valence-corrected chi connectivity index (χ0v) is 19.9.